The highest BCUT2D eigenvalue weighted by atomic mass is 79.9. The van der Waals surface area contributed by atoms with Gasteiger partial charge in [0, 0.05) is 23.6 Å². The molecular formula is C14H17BrN2O. The molecule has 1 aromatic carbocycles. The van der Waals surface area contributed by atoms with Crippen molar-refractivity contribution in [2.45, 2.75) is 32.4 Å². The van der Waals surface area contributed by atoms with Crippen LogP contribution in [0, 0.1) is 0 Å². The minimum absolute atomic E-state index is 0.559. The summed E-state index contributed by atoms with van der Waals surface area (Å²) in [5.41, 5.74) is 1.06. The molecule has 0 aliphatic carbocycles. The molecule has 96 valence electrons. The van der Waals surface area contributed by atoms with Crippen LogP contribution in [0.2, 0.25) is 0 Å². The summed E-state index contributed by atoms with van der Waals surface area (Å²) < 4.78 is 2.84. The highest BCUT2D eigenvalue weighted by Crippen LogP contribution is 2.27. The van der Waals surface area contributed by atoms with Crippen LogP contribution in [0.1, 0.15) is 25.0 Å². The predicted molar refractivity (Wildman–Crippen MR) is 75.3 cm³/mol. The topological polar surface area (TPSA) is 38.0 Å². The summed E-state index contributed by atoms with van der Waals surface area (Å²) >= 11 is 3.43. The van der Waals surface area contributed by atoms with Crippen molar-refractivity contribution >= 4 is 15.9 Å². The minimum atomic E-state index is -0.884. The zero-order chi connectivity index (χ0) is 13.2. The Morgan fingerprint density at radius 2 is 2.22 bits per heavy atom. The molecule has 1 atom stereocenters. The number of benzene rings is 1. The normalized spacial score (nSPS) is 14.4. The lowest BCUT2D eigenvalue weighted by Gasteiger charge is -2.23. The zero-order valence-electron chi connectivity index (χ0n) is 10.6. The van der Waals surface area contributed by atoms with Gasteiger partial charge in [-0.3, -0.25) is 4.68 Å². The van der Waals surface area contributed by atoms with Crippen molar-refractivity contribution in [3.05, 3.63) is 52.3 Å². The van der Waals surface area contributed by atoms with Crippen LogP contribution in [-0.4, -0.2) is 14.9 Å². The van der Waals surface area contributed by atoms with E-state index < -0.39 is 5.60 Å². The monoisotopic (exact) mass is 308 g/mol. The largest absolute Gasteiger partial charge is 0.385 e. The Labute approximate surface area is 116 Å². The summed E-state index contributed by atoms with van der Waals surface area (Å²) in [5, 5.41) is 14.8. The Morgan fingerprint density at radius 3 is 2.83 bits per heavy atom. The van der Waals surface area contributed by atoms with E-state index in [1.165, 1.54) is 0 Å². The fourth-order valence-corrected chi connectivity index (χ4v) is 2.39. The molecule has 0 saturated carbocycles. The van der Waals surface area contributed by atoms with Crippen molar-refractivity contribution < 1.29 is 5.11 Å². The summed E-state index contributed by atoms with van der Waals surface area (Å²) in [6.07, 6.45) is 4.35. The number of hydrogen-bond donors (Lipinski definition) is 1. The predicted octanol–water partition coefficient (Wildman–Crippen LogP) is 3.12. The first-order valence-corrected chi connectivity index (χ1v) is 6.80. The van der Waals surface area contributed by atoms with Crippen molar-refractivity contribution in [1.82, 2.24) is 9.78 Å². The molecule has 0 amide bonds. The zero-order valence-corrected chi connectivity index (χ0v) is 12.2. The summed E-state index contributed by atoms with van der Waals surface area (Å²) in [5.74, 6) is 0. The molecule has 0 aliphatic rings. The van der Waals surface area contributed by atoms with E-state index in [2.05, 4.69) is 21.0 Å². The maximum Gasteiger partial charge on any atom is 0.0910 e. The number of hydrogen-bond acceptors (Lipinski definition) is 2. The standard InChI is InChI=1S/C14H17BrN2O/c1-3-17-10-11(9-16-17)8-14(2,18)12-5-4-6-13(15)7-12/h4-7,9-10,18H,3,8H2,1-2H3. The van der Waals surface area contributed by atoms with Crippen LogP contribution in [0.25, 0.3) is 0 Å². The Bertz CT molecular complexity index is 534. The van der Waals surface area contributed by atoms with Crippen LogP contribution >= 0.6 is 15.9 Å². The lowest BCUT2D eigenvalue weighted by Crippen LogP contribution is -2.24. The van der Waals surface area contributed by atoms with Gasteiger partial charge in [0.1, 0.15) is 0 Å². The van der Waals surface area contributed by atoms with Gasteiger partial charge < -0.3 is 5.11 Å². The van der Waals surface area contributed by atoms with Crippen molar-refractivity contribution in [3.8, 4) is 0 Å². The maximum atomic E-state index is 10.6. The Balaban J connectivity index is 2.20. The van der Waals surface area contributed by atoms with E-state index >= 15 is 0 Å². The van der Waals surface area contributed by atoms with Gasteiger partial charge in [0.15, 0.2) is 0 Å². The van der Waals surface area contributed by atoms with Gasteiger partial charge >= 0.3 is 0 Å². The van der Waals surface area contributed by atoms with Crippen LogP contribution in [0.15, 0.2) is 41.1 Å². The van der Waals surface area contributed by atoms with E-state index in [0.717, 1.165) is 22.1 Å². The molecule has 1 aromatic heterocycles. The van der Waals surface area contributed by atoms with Gasteiger partial charge in [-0.15, -0.1) is 0 Å². The third-order valence-electron chi connectivity index (χ3n) is 3.01. The van der Waals surface area contributed by atoms with E-state index in [1.807, 2.05) is 55.2 Å². The van der Waals surface area contributed by atoms with Crippen LogP contribution < -0.4 is 0 Å². The number of aryl methyl sites for hydroxylation is 1. The first kappa shape index (κ1) is 13.3. The van der Waals surface area contributed by atoms with Crippen molar-refractivity contribution in [2.75, 3.05) is 0 Å². The third-order valence-corrected chi connectivity index (χ3v) is 3.50. The quantitative estimate of drug-likeness (QED) is 0.942. The van der Waals surface area contributed by atoms with E-state index in [-0.39, 0.29) is 0 Å². The van der Waals surface area contributed by atoms with Gasteiger partial charge in [-0.05, 0) is 37.1 Å². The van der Waals surface area contributed by atoms with Crippen LogP contribution in [0.5, 0.6) is 0 Å². The second-order valence-corrected chi connectivity index (χ2v) is 5.58. The number of aliphatic hydroxyl groups is 1. The molecule has 1 N–H and O–H groups in total. The average molecular weight is 309 g/mol. The molecule has 2 aromatic rings. The number of rotatable bonds is 4. The average Bonchev–Trinajstić information content (AvgIpc) is 2.76. The molecule has 0 spiro atoms. The van der Waals surface area contributed by atoms with E-state index in [4.69, 9.17) is 0 Å². The van der Waals surface area contributed by atoms with Crippen molar-refractivity contribution in [1.29, 1.82) is 0 Å². The lowest BCUT2D eigenvalue weighted by atomic mass is 9.90. The second-order valence-electron chi connectivity index (χ2n) is 4.67. The smallest absolute Gasteiger partial charge is 0.0910 e. The first-order valence-electron chi connectivity index (χ1n) is 6.01. The summed E-state index contributed by atoms with van der Waals surface area (Å²) in [7, 11) is 0. The molecule has 1 heterocycles. The summed E-state index contributed by atoms with van der Waals surface area (Å²) in [4.78, 5) is 0. The molecular weight excluding hydrogens is 292 g/mol. The number of aromatic nitrogens is 2. The molecule has 0 aliphatic heterocycles. The molecule has 0 bridgehead atoms. The van der Waals surface area contributed by atoms with Crippen LogP contribution in [0.4, 0.5) is 0 Å². The maximum absolute atomic E-state index is 10.6. The van der Waals surface area contributed by atoms with Crippen molar-refractivity contribution in [2.24, 2.45) is 0 Å². The minimum Gasteiger partial charge on any atom is -0.385 e. The summed E-state index contributed by atoms with van der Waals surface area (Å²) in [6, 6.07) is 7.78. The van der Waals surface area contributed by atoms with Gasteiger partial charge in [-0.2, -0.15) is 5.10 Å². The van der Waals surface area contributed by atoms with Gasteiger partial charge in [-0.1, -0.05) is 28.1 Å². The van der Waals surface area contributed by atoms with E-state index in [1.54, 1.807) is 0 Å². The van der Waals surface area contributed by atoms with Gasteiger partial charge in [0.05, 0.1) is 11.8 Å². The SMILES string of the molecule is CCn1cc(CC(C)(O)c2cccc(Br)c2)cn1. The van der Waals surface area contributed by atoms with Gasteiger partial charge in [0.25, 0.3) is 0 Å². The highest BCUT2D eigenvalue weighted by molar-refractivity contribution is 9.10. The molecule has 4 heteroatoms. The molecule has 2 rings (SSSR count). The van der Waals surface area contributed by atoms with Crippen LogP contribution in [0.3, 0.4) is 0 Å². The fraction of sp³-hybridized carbons (Fsp3) is 0.357. The molecule has 18 heavy (non-hydrogen) atoms. The fourth-order valence-electron chi connectivity index (χ4n) is 1.99. The van der Waals surface area contributed by atoms with Crippen LogP contribution in [-0.2, 0) is 18.6 Å². The number of halogens is 1. The van der Waals surface area contributed by atoms with Gasteiger partial charge in [-0.25, -0.2) is 0 Å². The Kier molecular flexibility index (Phi) is 3.88. The first-order chi connectivity index (χ1) is 8.51. The Hall–Kier alpha value is -1.13. The van der Waals surface area contributed by atoms with E-state index in [9.17, 15) is 5.11 Å². The third kappa shape index (κ3) is 3.00. The molecule has 3 nitrogen and oxygen atoms in total. The van der Waals surface area contributed by atoms with E-state index in [0.29, 0.717) is 6.42 Å². The molecule has 0 radical (unpaired) electrons. The molecule has 0 saturated heterocycles. The second kappa shape index (κ2) is 5.24. The lowest BCUT2D eigenvalue weighted by molar-refractivity contribution is 0.0575. The highest BCUT2D eigenvalue weighted by Gasteiger charge is 2.24. The molecule has 0 fully saturated rings. The molecule has 1 unspecified atom stereocenters. The summed E-state index contributed by atoms with van der Waals surface area (Å²) in [6.45, 7) is 4.72. The number of nitrogens with zero attached hydrogens (tertiary/aromatic N) is 2. The Morgan fingerprint density at radius 1 is 1.44 bits per heavy atom. The van der Waals surface area contributed by atoms with Crippen molar-refractivity contribution in [3.63, 3.8) is 0 Å². The van der Waals surface area contributed by atoms with Gasteiger partial charge in [0.2, 0.25) is 0 Å².